The number of nitrogens with one attached hydrogen (secondary N) is 3. The summed E-state index contributed by atoms with van der Waals surface area (Å²) in [5, 5.41) is 18.7. The van der Waals surface area contributed by atoms with E-state index in [0.717, 1.165) is 17.5 Å². The third-order valence-electron chi connectivity index (χ3n) is 19.8. The van der Waals surface area contributed by atoms with Crippen LogP contribution in [0.25, 0.3) is 0 Å². The first-order valence-corrected chi connectivity index (χ1v) is 40.5. The molecule has 0 spiro atoms. The summed E-state index contributed by atoms with van der Waals surface area (Å²) in [7, 11) is -2.52. The van der Waals surface area contributed by atoms with Crippen LogP contribution in [0.1, 0.15) is 221 Å². The summed E-state index contributed by atoms with van der Waals surface area (Å²) in [4.78, 5) is 151. The lowest BCUT2D eigenvalue weighted by atomic mass is 9.92. The molecule has 0 saturated carbocycles. The second kappa shape index (κ2) is 45.2. The van der Waals surface area contributed by atoms with Gasteiger partial charge in [-0.05, 0) is 138 Å². The number of esters is 4. The molecule has 26 heteroatoms. The van der Waals surface area contributed by atoms with Crippen molar-refractivity contribution in [2.45, 2.75) is 308 Å². The van der Waals surface area contributed by atoms with E-state index >= 15 is 0 Å². The third kappa shape index (κ3) is 31.1. The van der Waals surface area contributed by atoms with Crippen molar-refractivity contribution in [2.24, 2.45) is 47.3 Å². The van der Waals surface area contributed by atoms with Crippen LogP contribution in [-0.2, 0) is 89.3 Å². The second-order valence-electron chi connectivity index (χ2n) is 32.5. The SMILES string of the molecule is C.CC[C@H](C)[C@@H](NC(=O)OC(C)(C)C)[C@H](CC(=O)O[C@H](C(=O)C(C)C(=O)N[C@@H](CC(C)C)C(=O)N1CCC[C@H]1C(=O)OCc1ccccc1)C(C)C)O[Si](C)(C)C(C)(C)C.CC[C@H](C)[C@@H]([NH3+])[C@@H](O)CC(=O)O[C@H](C(=O)C(C)C(=O)N[C@@H](CC(C)C)C(=O)N1CCC[C@H]1C(=O)OCc1ccccc1)C(C)C.[Cl-]. The number of carbonyl (C=O) groups excluding carboxylic acids is 11. The number of carbonyl (C=O) groups is 11. The Bertz CT molecular complexity index is 3120. The number of nitrogens with zero attached hydrogens (tertiary/aromatic N) is 2. The number of aliphatic hydroxyl groups is 1. The molecule has 2 aromatic carbocycles. The molecule has 2 saturated heterocycles. The quantitative estimate of drug-likeness (QED) is 0.0186. The molecule has 7 N–H and O–H groups in total. The molecule has 0 aliphatic carbocycles. The number of ketones is 2. The topological polar surface area (TPSA) is 334 Å². The van der Waals surface area contributed by atoms with Gasteiger partial charge in [0, 0.05) is 19.0 Å². The van der Waals surface area contributed by atoms with Crippen LogP contribution in [0, 0.1) is 47.3 Å². The lowest BCUT2D eigenvalue weighted by molar-refractivity contribution is -0.449. The average molecular weight is 1530 g/mol. The number of alkyl carbamates (subject to hydrolysis) is 1. The summed E-state index contributed by atoms with van der Waals surface area (Å²) in [5.74, 6) is -9.26. The molecule has 2 unspecified atom stereocenters. The number of hydrogen-bond acceptors (Lipinski definition) is 18. The fourth-order valence-electron chi connectivity index (χ4n) is 12.0. The lowest BCUT2D eigenvalue weighted by Crippen LogP contribution is -3.00. The molecule has 0 radical (unpaired) electrons. The minimum Gasteiger partial charge on any atom is -1.00 e. The van der Waals surface area contributed by atoms with Gasteiger partial charge in [-0.3, -0.25) is 38.4 Å². The van der Waals surface area contributed by atoms with Crippen molar-refractivity contribution < 1.29 is 104 Å². The highest BCUT2D eigenvalue weighted by atomic mass is 35.5. The zero-order valence-corrected chi connectivity index (χ0v) is 68.7. The van der Waals surface area contributed by atoms with Crippen LogP contribution in [0.4, 0.5) is 4.79 Å². The molecule has 5 amide bonds. The Morgan fingerprint density at radius 2 is 0.953 bits per heavy atom. The number of ether oxygens (including phenoxy) is 5. The number of Topliss-reactive ketones (excluding diaryl/α,β-unsaturated/α-hetero) is 2. The molecular weight excluding hydrogens is 1400 g/mol. The van der Waals surface area contributed by atoms with Crippen molar-refractivity contribution in [3.05, 3.63) is 71.8 Å². The molecule has 602 valence electrons. The molecule has 2 aliphatic rings. The number of amides is 5. The van der Waals surface area contributed by atoms with E-state index in [4.69, 9.17) is 28.1 Å². The summed E-state index contributed by atoms with van der Waals surface area (Å²) in [6, 6.07) is 14.1. The van der Waals surface area contributed by atoms with Crippen molar-refractivity contribution in [1.29, 1.82) is 0 Å². The average Bonchev–Trinajstić information content (AvgIpc) is 1.39. The first-order chi connectivity index (χ1) is 48.4. The maximum Gasteiger partial charge on any atom is 0.407 e. The van der Waals surface area contributed by atoms with Crippen molar-refractivity contribution in [2.75, 3.05) is 13.1 Å². The van der Waals surface area contributed by atoms with Crippen LogP contribution < -0.4 is 34.1 Å². The minimum absolute atomic E-state index is 0. The Labute approximate surface area is 640 Å². The van der Waals surface area contributed by atoms with Crippen molar-refractivity contribution in [3.8, 4) is 0 Å². The van der Waals surface area contributed by atoms with Gasteiger partial charge in [-0.2, -0.15) is 0 Å². The maximum absolute atomic E-state index is 14.0. The molecule has 2 fully saturated rings. The normalized spacial score (nSPS) is 18.0. The van der Waals surface area contributed by atoms with E-state index in [1.165, 1.54) is 23.6 Å². The predicted molar refractivity (Wildman–Crippen MR) is 405 cm³/mol. The van der Waals surface area contributed by atoms with Gasteiger partial charge in [0.25, 0.3) is 0 Å². The van der Waals surface area contributed by atoms with Crippen molar-refractivity contribution in [1.82, 2.24) is 25.8 Å². The van der Waals surface area contributed by atoms with E-state index in [1.54, 1.807) is 48.5 Å². The first kappa shape index (κ1) is 97.2. The van der Waals surface area contributed by atoms with Gasteiger partial charge in [0.1, 0.15) is 55.1 Å². The first-order valence-electron chi connectivity index (χ1n) is 37.6. The lowest BCUT2D eigenvalue weighted by Gasteiger charge is -2.42. The molecule has 2 aliphatic heterocycles. The fourth-order valence-corrected chi connectivity index (χ4v) is 13.4. The Kier molecular flexibility index (Phi) is 41.5. The van der Waals surface area contributed by atoms with Crippen LogP contribution >= 0.6 is 0 Å². The maximum atomic E-state index is 14.0. The van der Waals surface area contributed by atoms with E-state index < -0.39 is 157 Å². The van der Waals surface area contributed by atoms with Crippen molar-refractivity contribution in [3.63, 3.8) is 0 Å². The zero-order chi connectivity index (χ0) is 78.9. The van der Waals surface area contributed by atoms with Crippen LogP contribution in [0.3, 0.4) is 0 Å². The Morgan fingerprint density at radius 1 is 0.575 bits per heavy atom. The van der Waals surface area contributed by atoms with Gasteiger partial charge in [0.15, 0.2) is 32.1 Å². The van der Waals surface area contributed by atoms with E-state index in [1.807, 2.05) is 116 Å². The van der Waals surface area contributed by atoms with Crippen LogP contribution in [0.2, 0.25) is 18.1 Å². The highest BCUT2D eigenvalue weighted by Crippen LogP contribution is 2.39. The van der Waals surface area contributed by atoms with Crippen molar-refractivity contribution >= 4 is 73.5 Å². The van der Waals surface area contributed by atoms with Crippen LogP contribution in [-0.4, -0.2) is 168 Å². The van der Waals surface area contributed by atoms with E-state index in [2.05, 4.69) is 55.5 Å². The number of benzene rings is 2. The Morgan fingerprint density at radius 3 is 1.29 bits per heavy atom. The summed E-state index contributed by atoms with van der Waals surface area (Å²) in [5.41, 5.74) is 4.87. The van der Waals surface area contributed by atoms with Gasteiger partial charge in [0.2, 0.25) is 23.6 Å². The summed E-state index contributed by atoms with van der Waals surface area (Å²) in [6.07, 6.45) is -1.36. The second-order valence-corrected chi connectivity index (χ2v) is 37.3. The van der Waals surface area contributed by atoms with Gasteiger partial charge in [-0.1, -0.05) is 178 Å². The summed E-state index contributed by atoms with van der Waals surface area (Å²) < 4.78 is 34.9. The van der Waals surface area contributed by atoms with Gasteiger partial charge >= 0.3 is 30.0 Å². The molecular formula is C80H133ClN6O18Si. The van der Waals surface area contributed by atoms with Gasteiger partial charge in [-0.25, -0.2) is 14.4 Å². The molecule has 14 atom stereocenters. The highest BCUT2D eigenvalue weighted by molar-refractivity contribution is 6.74. The van der Waals surface area contributed by atoms with E-state index in [0.29, 0.717) is 51.6 Å². The third-order valence-corrected chi connectivity index (χ3v) is 24.3. The van der Waals surface area contributed by atoms with E-state index in [9.17, 15) is 57.8 Å². The number of rotatable bonds is 37. The molecule has 2 heterocycles. The summed E-state index contributed by atoms with van der Waals surface area (Å²) in [6.45, 7) is 41.8. The van der Waals surface area contributed by atoms with Gasteiger partial charge < -0.3 is 77.1 Å². The van der Waals surface area contributed by atoms with Gasteiger partial charge in [0.05, 0.1) is 36.8 Å². The number of halogens is 1. The molecule has 2 aromatic rings. The van der Waals surface area contributed by atoms with Crippen LogP contribution in [0.15, 0.2) is 60.7 Å². The summed E-state index contributed by atoms with van der Waals surface area (Å²) >= 11 is 0. The Balaban J connectivity index is 0.00000108. The molecule has 4 rings (SSSR count). The zero-order valence-electron chi connectivity index (χ0n) is 66.9. The van der Waals surface area contributed by atoms with Crippen LogP contribution in [0.5, 0.6) is 0 Å². The minimum atomic E-state index is -2.52. The Hall–Kier alpha value is -6.80. The number of quaternary nitrogens is 1. The fraction of sp³-hybridized carbons (Fsp3) is 0.713. The molecule has 24 nitrogen and oxygen atoms in total. The number of aliphatic hydroxyl groups excluding tert-OH is 1. The molecule has 106 heavy (non-hydrogen) atoms. The number of hydrogen-bond donors (Lipinski definition) is 5. The monoisotopic (exact) mass is 1530 g/mol. The number of likely N-dealkylation sites (tertiary alicyclic amines) is 2. The smallest absolute Gasteiger partial charge is 0.407 e. The predicted octanol–water partition coefficient (Wildman–Crippen LogP) is 7.82. The molecule has 0 aromatic heterocycles. The largest absolute Gasteiger partial charge is 1.00 e. The van der Waals surface area contributed by atoms with E-state index in [-0.39, 0.29) is 87.1 Å². The van der Waals surface area contributed by atoms with Gasteiger partial charge in [-0.15, -0.1) is 0 Å². The highest BCUT2D eigenvalue weighted by Gasteiger charge is 2.46. The standard InChI is InChI=1S/C45H75N3O10Si.C34H53N3O8.CH4.ClH/c1-16-30(6)37(47-43(54)57-44(8,9)10)35(58-59(14,15)45(11,12)13)26-36(49)56-39(29(4)5)38(50)31(7)40(51)46-33(25-28(2)3)41(52)48-24-20-23-34(48)42(53)55-27-32-21-18-17-19-22-32;1-8-22(6)29(35)27(38)18-28(39)45-31(21(4)5)30(40)23(7)32(41)36-25(17-20(2)3)33(42)37-16-12-15-26(37)34(43)44-19-24-13-10-9-11-14-24;;/h17-19,21-22,28-31,33-35,37,39H,16,20,23-27H2,1-15H3,(H,46,51)(H,47,54);9-11,13-14,20-23,25-27,29,31,38H,8,12,15-19,35H2,1-7H3,(H,36,41);1H4;1H/t30-,31?,33-,34-,35-,37+,39-;22-,23?,25-,26-,27-,29+,31-;;/m00../s1. The molecule has 0 bridgehead atoms.